The first kappa shape index (κ1) is 13.8. The Kier molecular flexibility index (Phi) is 4.69. The van der Waals surface area contributed by atoms with Crippen LogP contribution in [0.2, 0.25) is 0 Å². The largest absolute Gasteiger partial charge is 0.289 e. The highest BCUT2D eigenvalue weighted by molar-refractivity contribution is 7.24. The standard InChI is InChI=1S/C13H8OS.C4H10/c14-13-9-5-1-3-7-11(9)15-12-8-4-2-6-10(12)13;1-3-4-2/h1-8H;3-4H2,1-2H3. The average molecular weight is 270 g/mol. The third-order valence-corrected chi connectivity index (χ3v) is 4.14. The van der Waals surface area contributed by atoms with Gasteiger partial charge in [0.25, 0.3) is 0 Å². The molecule has 0 aliphatic carbocycles. The number of rotatable bonds is 1. The van der Waals surface area contributed by atoms with Gasteiger partial charge in [-0.15, -0.1) is 11.3 Å². The van der Waals surface area contributed by atoms with Gasteiger partial charge in [-0.1, -0.05) is 51.0 Å². The summed E-state index contributed by atoms with van der Waals surface area (Å²) >= 11 is 1.67. The summed E-state index contributed by atoms with van der Waals surface area (Å²) in [6, 6.07) is 15.5. The van der Waals surface area contributed by atoms with E-state index in [9.17, 15) is 4.79 Å². The molecular weight excluding hydrogens is 252 g/mol. The molecule has 0 saturated heterocycles. The van der Waals surface area contributed by atoms with Crippen LogP contribution in [0.25, 0.3) is 20.2 Å². The molecule has 0 radical (unpaired) electrons. The number of benzene rings is 2. The third kappa shape index (κ3) is 3.02. The van der Waals surface area contributed by atoms with Crippen LogP contribution in [-0.2, 0) is 0 Å². The van der Waals surface area contributed by atoms with Crippen LogP contribution in [-0.4, -0.2) is 0 Å². The lowest BCUT2D eigenvalue weighted by Gasteiger charge is -1.99. The highest BCUT2D eigenvalue weighted by atomic mass is 32.1. The van der Waals surface area contributed by atoms with Crippen molar-refractivity contribution in [3.63, 3.8) is 0 Å². The number of fused-ring (bicyclic) bond motifs is 2. The van der Waals surface area contributed by atoms with E-state index in [1.807, 2.05) is 48.5 Å². The minimum atomic E-state index is 0.139. The molecule has 0 aliphatic heterocycles. The van der Waals surface area contributed by atoms with Gasteiger partial charge in [-0.25, -0.2) is 0 Å². The predicted octanol–water partition coefficient (Wildman–Crippen LogP) is 5.22. The van der Waals surface area contributed by atoms with Gasteiger partial charge < -0.3 is 0 Å². The Morgan fingerprint density at radius 2 is 1.21 bits per heavy atom. The molecule has 0 unspecified atom stereocenters. The van der Waals surface area contributed by atoms with E-state index in [1.165, 1.54) is 12.8 Å². The van der Waals surface area contributed by atoms with Crippen molar-refractivity contribution in [1.82, 2.24) is 0 Å². The molecule has 0 saturated carbocycles. The molecule has 0 N–H and O–H groups in total. The van der Waals surface area contributed by atoms with Crippen LogP contribution >= 0.6 is 11.3 Å². The molecule has 2 heteroatoms. The monoisotopic (exact) mass is 270 g/mol. The number of hydrogen-bond acceptors (Lipinski definition) is 2. The molecule has 1 heterocycles. The minimum absolute atomic E-state index is 0.139. The molecule has 1 nitrogen and oxygen atoms in total. The first-order valence-electron chi connectivity index (χ1n) is 6.68. The molecule has 2 aromatic carbocycles. The fourth-order valence-electron chi connectivity index (χ4n) is 1.75. The van der Waals surface area contributed by atoms with E-state index in [2.05, 4.69) is 13.8 Å². The van der Waals surface area contributed by atoms with Crippen molar-refractivity contribution >= 4 is 31.5 Å². The van der Waals surface area contributed by atoms with E-state index in [-0.39, 0.29) is 5.43 Å². The molecule has 0 amide bonds. The summed E-state index contributed by atoms with van der Waals surface area (Å²) in [5, 5.41) is 1.64. The summed E-state index contributed by atoms with van der Waals surface area (Å²) in [5.41, 5.74) is 0.139. The summed E-state index contributed by atoms with van der Waals surface area (Å²) < 4.78 is 2.11. The second-order valence-corrected chi connectivity index (χ2v) is 5.51. The van der Waals surface area contributed by atoms with E-state index in [0.29, 0.717) is 0 Å². The van der Waals surface area contributed by atoms with Gasteiger partial charge in [0.05, 0.1) is 0 Å². The normalized spacial score (nSPS) is 10.2. The van der Waals surface area contributed by atoms with Crippen molar-refractivity contribution < 1.29 is 0 Å². The van der Waals surface area contributed by atoms with Crippen molar-refractivity contribution in [2.45, 2.75) is 26.7 Å². The van der Waals surface area contributed by atoms with Crippen molar-refractivity contribution in [2.24, 2.45) is 0 Å². The van der Waals surface area contributed by atoms with Gasteiger partial charge in [0.15, 0.2) is 5.43 Å². The highest BCUT2D eigenvalue weighted by Crippen LogP contribution is 2.23. The molecule has 0 fully saturated rings. The molecule has 0 spiro atoms. The van der Waals surface area contributed by atoms with Crippen molar-refractivity contribution in [2.75, 3.05) is 0 Å². The molecule has 0 aliphatic rings. The second-order valence-electron chi connectivity index (χ2n) is 4.42. The first-order chi connectivity index (χ1) is 9.27. The van der Waals surface area contributed by atoms with Crippen LogP contribution in [0, 0.1) is 0 Å². The zero-order valence-corrected chi connectivity index (χ0v) is 12.2. The van der Waals surface area contributed by atoms with Crippen LogP contribution in [0.3, 0.4) is 0 Å². The van der Waals surface area contributed by atoms with Gasteiger partial charge in [-0.3, -0.25) is 4.79 Å². The van der Waals surface area contributed by atoms with Crippen LogP contribution in [0.1, 0.15) is 26.7 Å². The predicted molar refractivity (Wildman–Crippen MR) is 86.2 cm³/mol. The third-order valence-electron chi connectivity index (χ3n) is 2.98. The smallest absolute Gasteiger partial charge is 0.195 e. The van der Waals surface area contributed by atoms with E-state index < -0.39 is 0 Å². The summed E-state index contributed by atoms with van der Waals surface area (Å²) in [6.07, 6.45) is 2.64. The van der Waals surface area contributed by atoms with Gasteiger partial charge in [0.2, 0.25) is 0 Å². The maximum Gasteiger partial charge on any atom is 0.195 e. The molecule has 3 rings (SSSR count). The van der Waals surface area contributed by atoms with E-state index in [0.717, 1.165) is 20.2 Å². The lowest BCUT2D eigenvalue weighted by Crippen LogP contribution is -1.99. The van der Waals surface area contributed by atoms with Crippen LogP contribution in [0.5, 0.6) is 0 Å². The lowest BCUT2D eigenvalue weighted by molar-refractivity contribution is 0.886. The molecular formula is C17H18OS. The first-order valence-corrected chi connectivity index (χ1v) is 7.50. The Morgan fingerprint density at radius 1 is 0.789 bits per heavy atom. The highest BCUT2D eigenvalue weighted by Gasteiger charge is 2.03. The Hall–Kier alpha value is -1.67. The summed E-state index contributed by atoms with van der Waals surface area (Å²) in [7, 11) is 0. The molecule has 1 aromatic heterocycles. The zero-order valence-electron chi connectivity index (χ0n) is 11.3. The van der Waals surface area contributed by atoms with Crippen molar-refractivity contribution in [3.05, 3.63) is 58.8 Å². The molecule has 3 aromatic rings. The van der Waals surface area contributed by atoms with Gasteiger partial charge >= 0.3 is 0 Å². The average Bonchev–Trinajstić information content (AvgIpc) is 2.48. The Morgan fingerprint density at radius 3 is 1.63 bits per heavy atom. The molecule has 0 atom stereocenters. The fraction of sp³-hybridized carbons (Fsp3) is 0.235. The topological polar surface area (TPSA) is 17.1 Å². The Labute approximate surface area is 117 Å². The van der Waals surface area contributed by atoms with Crippen LogP contribution in [0.4, 0.5) is 0 Å². The Balaban J connectivity index is 0.000000297. The lowest BCUT2D eigenvalue weighted by atomic mass is 10.2. The number of unbranched alkanes of at least 4 members (excludes halogenated alkanes) is 1. The maximum atomic E-state index is 12.1. The SMILES string of the molecule is CCCC.O=c1c2ccccc2sc2ccccc12. The fourth-order valence-corrected chi connectivity index (χ4v) is 2.82. The van der Waals surface area contributed by atoms with Gasteiger partial charge in [0, 0.05) is 20.2 Å². The zero-order chi connectivity index (χ0) is 13.7. The van der Waals surface area contributed by atoms with E-state index >= 15 is 0 Å². The van der Waals surface area contributed by atoms with Gasteiger partial charge in [-0.05, 0) is 24.3 Å². The van der Waals surface area contributed by atoms with Gasteiger partial charge in [-0.2, -0.15) is 0 Å². The van der Waals surface area contributed by atoms with Crippen LogP contribution < -0.4 is 5.43 Å². The minimum Gasteiger partial charge on any atom is -0.289 e. The van der Waals surface area contributed by atoms with Crippen molar-refractivity contribution in [3.8, 4) is 0 Å². The molecule has 98 valence electrons. The molecule has 19 heavy (non-hydrogen) atoms. The summed E-state index contributed by atoms with van der Waals surface area (Å²) in [5.74, 6) is 0. The van der Waals surface area contributed by atoms with Crippen molar-refractivity contribution in [1.29, 1.82) is 0 Å². The second kappa shape index (κ2) is 6.48. The maximum absolute atomic E-state index is 12.1. The van der Waals surface area contributed by atoms with E-state index in [4.69, 9.17) is 0 Å². The van der Waals surface area contributed by atoms with E-state index in [1.54, 1.807) is 11.3 Å². The van der Waals surface area contributed by atoms with Crippen LogP contribution in [0.15, 0.2) is 53.3 Å². The Bertz CT molecular complexity index is 669. The number of hydrogen-bond donors (Lipinski definition) is 0. The van der Waals surface area contributed by atoms with Gasteiger partial charge in [0.1, 0.15) is 0 Å². The molecule has 0 bridgehead atoms. The quantitative estimate of drug-likeness (QED) is 0.554. The summed E-state index contributed by atoms with van der Waals surface area (Å²) in [4.78, 5) is 12.1. The summed E-state index contributed by atoms with van der Waals surface area (Å²) in [6.45, 7) is 4.36.